The van der Waals surface area contributed by atoms with Crippen LogP contribution < -0.4 is 0 Å². The molecule has 2 fully saturated rings. The number of Topliss-reactive ketones (excluding diaryl/α,β-unsaturated/α-hetero) is 1. The summed E-state index contributed by atoms with van der Waals surface area (Å²) in [6, 6.07) is 0. The Bertz CT molecular complexity index is 1000. The number of hydrogen-bond acceptors (Lipinski definition) is 6. The molecule has 2 saturated carbocycles. The zero-order valence-corrected chi connectivity index (χ0v) is 20.8. The van der Waals surface area contributed by atoms with E-state index in [1.807, 2.05) is 6.92 Å². The highest BCUT2D eigenvalue weighted by molar-refractivity contribution is 5.93. The van der Waals surface area contributed by atoms with Crippen molar-refractivity contribution in [3.05, 3.63) is 35.1 Å². The minimum absolute atomic E-state index is 0.00665. The fraction of sp³-hybridized carbons (Fsp3) is 0.643. The van der Waals surface area contributed by atoms with Gasteiger partial charge in [-0.1, -0.05) is 32.4 Å². The number of esters is 2. The summed E-state index contributed by atoms with van der Waals surface area (Å²) in [4.78, 5) is 48.7. The van der Waals surface area contributed by atoms with Crippen LogP contribution in [0.4, 0.5) is 0 Å². The van der Waals surface area contributed by atoms with Crippen molar-refractivity contribution in [3.63, 3.8) is 0 Å². The smallest absolute Gasteiger partial charge is 0.310 e. The molecule has 34 heavy (non-hydrogen) atoms. The molecular formula is C28H36O6. The van der Waals surface area contributed by atoms with Gasteiger partial charge in [0.2, 0.25) is 0 Å². The number of rotatable bonds is 6. The van der Waals surface area contributed by atoms with E-state index in [0.29, 0.717) is 25.2 Å². The lowest BCUT2D eigenvalue weighted by Crippen LogP contribution is -2.46. The Labute approximate surface area is 201 Å². The number of hydrogen-bond donors (Lipinski definition) is 0. The summed E-state index contributed by atoms with van der Waals surface area (Å²) in [5, 5.41) is 0. The lowest BCUT2D eigenvalue weighted by Gasteiger charge is -2.53. The van der Waals surface area contributed by atoms with Gasteiger partial charge in [-0.25, -0.2) is 0 Å². The third-order valence-electron chi connectivity index (χ3n) is 8.84. The van der Waals surface area contributed by atoms with E-state index in [2.05, 4.69) is 19.9 Å². The van der Waals surface area contributed by atoms with Crippen molar-refractivity contribution in [2.45, 2.75) is 79.1 Å². The Balaban J connectivity index is 1.68. The van der Waals surface area contributed by atoms with E-state index in [9.17, 15) is 19.2 Å². The summed E-state index contributed by atoms with van der Waals surface area (Å²) < 4.78 is 10.5. The number of ketones is 2. The average molecular weight is 469 g/mol. The summed E-state index contributed by atoms with van der Waals surface area (Å²) in [6.07, 6.45) is 11.2. The summed E-state index contributed by atoms with van der Waals surface area (Å²) in [5.74, 6) is -0.158. The molecule has 0 aromatic carbocycles. The molecule has 4 rings (SSSR count). The quantitative estimate of drug-likeness (QED) is 0.309. The summed E-state index contributed by atoms with van der Waals surface area (Å²) in [7, 11) is 0. The molecule has 0 N–H and O–H groups in total. The third-order valence-corrected chi connectivity index (χ3v) is 8.84. The molecule has 0 amide bonds. The Morgan fingerprint density at radius 2 is 1.97 bits per heavy atom. The van der Waals surface area contributed by atoms with Gasteiger partial charge in [0.25, 0.3) is 0 Å². The molecule has 0 bridgehead atoms. The van der Waals surface area contributed by atoms with Gasteiger partial charge in [-0.3, -0.25) is 19.2 Å². The maximum Gasteiger partial charge on any atom is 0.310 e. The third kappa shape index (κ3) is 4.20. The molecule has 0 aromatic heterocycles. The first-order valence-corrected chi connectivity index (χ1v) is 12.6. The average Bonchev–Trinajstić information content (AvgIpc) is 3.14. The van der Waals surface area contributed by atoms with Gasteiger partial charge >= 0.3 is 11.9 Å². The second kappa shape index (κ2) is 9.27. The van der Waals surface area contributed by atoms with Gasteiger partial charge in [-0.2, -0.15) is 0 Å². The minimum atomic E-state index is -0.433. The van der Waals surface area contributed by atoms with Gasteiger partial charge in [-0.05, 0) is 73.0 Å². The standard InChI is InChI=1S/C28H36O6/c1-5-6-26(32)34-15-18-13-20-21-7-8-23(25(31)16-33-17(2)29)27(21,3)12-10-22(20)28(4)11-9-19(30)14-24(18)28/h10,14-15,20-21,23H,5-9,11-13,16H2,1-4H3/t20-,21-,23+,27-,28+/m0/s1. The Hall–Kier alpha value is -2.50. The number of carbonyl (C=O) groups is 4. The second-order valence-electron chi connectivity index (χ2n) is 10.9. The van der Waals surface area contributed by atoms with Crippen molar-refractivity contribution in [1.29, 1.82) is 0 Å². The van der Waals surface area contributed by atoms with Crippen LogP contribution in [0.5, 0.6) is 0 Å². The molecule has 6 nitrogen and oxygen atoms in total. The molecule has 0 heterocycles. The van der Waals surface area contributed by atoms with Crippen LogP contribution in [0.3, 0.4) is 0 Å². The van der Waals surface area contributed by atoms with Gasteiger partial charge < -0.3 is 9.47 Å². The predicted molar refractivity (Wildman–Crippen MR) is 126 cm³/mol. The van der Waals surface area contributed by atoms with E-state index in [1.54, 1.807) is 12.3 Å². The van der Waals surface area contributed by atoms with Gasteiger partial charge in [0.05, 0.1) is 6.26 Å². The number of ether oxygens (including phenoxy) is 2. The highest BCUT2D eigenvalue weighted by Crippen LogP contribution is 2.65. The Morgan fingerprint density at radius 3 is 2.68 bits per heavy atom. The Morgan fingerprint density at radius 1 is 1.21 bits per heavy atom. The van der Waals surface area contributed by atoms with E-state index in [0.717, 1.165) is 43.3 Å². The summed E-state index contributed by atoms with van der Waals surface area (Å²) in [6.45, 7) is 7.53. The van der Waals surface area contributed by atoms with Gasteiger partial charge in [0.15, 0.2) is 11.6 Å². The van der Waals surface area contributed by atoms with E-state index < -0.39 is 5.97 Å². The van der Waals surface area contributed by atoms with E-state index in [1.165, 1.54) is 12.5 Å². The highest BCUT2D eigenvalue weighted by atomic mass is 16.5. The van der Waals surface area contributed by atoms with Crippen molar-refractivity contribution in [2.75, 3.05) is 6.61 Å². The molecule has 6 heteroatoms. The predicted octanol–water partition coefficient (Wildman–Crippen LogP) is 5.02. The van der Waals surface area contributed by atoms with Crippen LogP contribution in [0.25, 0.3) is 0 Å². The van der Waals surface area contributed by atoms with Gasteiger partial charge in [-0.15, -0.1) is 0 Å². The molecule has 0 aromatic rings. The van der Waals surface area contributed by atoms with Crippen molar-refractivity contribution < 1.29 is 28.7 Å². The number of fused-ring (bicyclic) bond motifs is 5. The zero-order chi connectivity index (χ0) is 24.7. The van der Waals surface area contributed by atoms with Crippen LogP contribution in [0.15, 0.2) is 35.1 Å². The molecule has 0 radical (unpaired) electrons. The van der Waals surface area contributed by atoms with Crippen molar-refractivity contribution in [3.8, 4) is 0 Å². The monoisotopic (exact) mass is 468 g/mol. The number of carbonyl (C=O) groups excluding carboxylic acids is 4. The van der Waals surface area contributed by atoms with E-state index in [4.69, 9.17) is 9.47 Å². The molecular weight excluding hydrogens is 432 g/mol. The van der Waals surface area contributed by atoms with Crippen LogP contribution in [0, 0.1) is 28.6 Å². The second-order valence-corrected chi connectivity index (χ2v) is 10.9. The maximum absolute atomic E-state index is 13.0. The normalized spacial score (nSPS) is 35.5. The molecule has 4 aliphatic carbocycles. The van der Waals surface area contributed by atoms with E-state index >= 15 is 0 Å². The first-order valence-electron chi connectivity index (χ1n) is 12.6. The summed E-state index contributed by atoms with van der Waals surface area (Å²) >= 11 is 0. The number of allylic oxidation sites excluding steroid dienone is 5. The molecule has 0 unspecified atom stereocenters. The van der Waals surface area contributed by atoms with Crippen molar-refractivity contribution in [1.82, 2.24) is 0 Å². The molecule has 0 spiro atoms. The topological polar surface area (TPSA) is 86.7 Å². The first kappa shape index (κ1) is 24.6. The Kier molecular flexibility index (Phi) is 6.71. The fourth-order valence-corrected chi connectivity index (χ4v) is 7.11. The molecule has 184 valence electrons. The highest BCUT2D eigenvalue weighted by Gasteiger charge is 2.58. The van der Waals surface area contributed by atoms with Crippen LogP contribution in [-0.4, -0.2) is 30.1 Å². The largest absolute Gasteiger partial charge is 0.458 e. The van der Waals surface area contributed by atoms with Gasteiger partial charge in [0, 0.05) is 31.1 Å². The minimum Gasteiger partial charge on any atom is -0.458 e. The molecule has 0 aliphatic heterocycles. The van der Waals surface area contributed by atoms with Crippen molar-refractivity contribution in [2.24, 2.45) is 28.6 Å². The van der Waals surface area contributed by atoms with E-state index in [-0.39, 0.29) is 46.8 Å². The molecule has 0 saturated heterocycles. The SMILES string of the molecule is CCCC(=O)OC=C1C[C@@H]2C(=CC[C@]3(C)[C@@H](C(=O)COC(C)=O)CC[C@@H]23)[C@@]2(C)CCC(=O)C=C12. The fourth-order valence-electron chi connectivity index (χ4n) is 7.11. The van der Waals surface area contributed by atoms with Crippen molar-refractivity contribution >= 4 is 23.5 Å². The van der Waals surface area contributed by atoms with Crippen LogP contribution >= 0.6 is 0 Å². The molecule has 4 aliphatic rings. The summed E-state index contributed by atoms with van der Waals surface area (Å²) in [5.41, 5.74) is 2.83. The zero-order valence-electron chi connectivity index (χ0n) is 20.8. The van der Waals surface area contributed by atoms with Crippen LogP contribution in [0.2, 0.25) is 0 Å². The lowest BCUT2D eigenvalue weighted by molar-refractivity contribution is -0.148. The van der Waals surface area contributed by atoms with Crippen LogP contribution in [-0.2, 0) is 28.7 Å². The van der Waals surface area contributed by atoms with Crippen LogP contribution in [0.1, 0.15) is 79.1 Å². The molecule has 5 atom stereocenters. The lowest BCUT2D eigenvalue weighted by atomic mass is 9.50. The maximum atomic E-state index is 13.0. The van der Waals surface area contributed by atoms with Gasteiger partial charge in [0.1, 0.15) is 6.61 Å². The first-order chi connectivity index (χ1) is 16.1.